The number of hydrogen-bond donors (Lipinski definition) is 1. The van der Waals surface area contributed by atoms with E-state index in [0.717, 1.165) is 24.2 Å². The van der Waals surface area contributed by atoms with E-state index in [9.17, 15) is 0 Å². The van der Waals surface area contributed by atoms with E-state index >= 15 is 0 Å². The molecule has 3 saturated heterocycles. The highest BCUT2D eigenvalue weighted by Crippen LogP contribution is 2.38. The highest BCUT2D eigenvalue weighted by molar-refractivity contribution is 7.99. The van der Waals surface area contributed by atoms with E-state index < -0.39 is 0 Å². The monoisotopic (exact) mass is 254 g/mol. The Kier molecular flexibility index (Phi) is 3.98. The van der Waals surface area contributed by atoms with Crippen molar-refractivity contribution in [3.63, 3.8) is 0 Å². The molecule has 98 valence electrons. The van der Waals surface area contributed by atoms with Gasteiger partial charge in [0, 0.05) is 24.2 Å². The van der Waals surface area contributed by atoms with Crippen LogP contribution in [0.25, 0.3) is 0 Å². The fourth-order valence-corrected chi connectivity index (χ4v) is 5.31. The van der Waals surface area contributed by atoms with Crippen molar-refractivity contribution in [1.82, 2.24) is 10.2 Å². The lowest BCUT2D eigenvalue weighted by Gasteiger charge is -2.53. The summed E-state index contributed by atoms with van der Waals surface area (Å²) in [7, 11) is 2.15. The molecule has 0 spiro atoms. The fourth-order valence-electron chi connectivity index (χ4n) is 4.23. The molecule has 3 heterocycles. The molecule has 2 atom stereocenters. The summed E-state index contributed by atoms with van der Waals surface area (Å²) in [6.07, 6.45) is 10.1. The molecular weight excluding hydrogens is 228 g/mol. The molecule has 2 nitrogen and oxygen atoms in total. The third-order valence-corrected chi connectivity index (χ3v) is 6.10. The number of piperidine rings is 2. The largest absolute Gasteiger partial charge is 0.317 e. The smallest absolute Gasteiger partial charge is 0.0117 e. The van der Waals surface area contributed by atoms with Gasteiger partial charge in [-0.2, -0.15) is 11.8 Å². The van der Waals surface area contributed by atoms with Crippen molar-refractivity contribution in [3.05, 3.63) is 0 Å². The highest BCUT2D eigenvalue weighted by atomic mass is 32.2. The lowest BCUT2D eigenvalue weighted by atomic mass is 9.80. The topological polar surface area (TPSA) is 15.3 Å². The third kappa shape index (κ3) is 2.52. The van der Waals surface area contributed by atoms with E-state index in [0.29, 0.717) is 0 Å². The molecule has 1 N–H and O–H groups in total. The van der Waals surface area contributed by atoms with Crippen molar-refractivity contribution in [2.24, 2.45) is 0 Å². The van der Waals surface area contributed by atoms with Crippen LogP contribution in [0.3, 0.4) is 0 Å². The Bertz CT molecular complexity index is 239. The Labute approximate surface area is 110 Å². The van der Waals surface area contributed by atoms with Crippen LogP contribution in [-0.2, 0) is 0 Å². The Morgan fingerprint density at radius 1 is 0.941 bits per heavy atom. The summed E-state index contributed by atoms with van der Waals surface area (Å²) in [6, 6.07) is 3.50. The number of nitrogens with zero attached hydrogens (tertiary/aromatic N) is 1. The molecule has 0 aromatic rings. The third-order valence-electron chi connectivity index (χ3n) is 5.05. The van der Waals surface area contributed by atoms with Gasteiger partial charge in [-0.25, -0.2) is 0 Å². The molecular formula is C14H26N2S. The van der Waals surface area contributed by atoms with Crippen LogP contribution in [0.1, 0.15) is 44.9 Å². The maximum absolute atomic E-state index is 3.53. The molecule has 3 fully saturated rings. The Balaban J connectivity index is 1.70. The van der Waals surface area contributed by atoms with Crippen LogP contribution in [0.2, 0.25) is 0 Å². The second-order valence-corrected chi connectivity index (χ2v) is 7.21. The molecule has 2 bridgehead atoms. The average molecular weight is 254 g/mol. The van der Waals surface area contributed by atoms with Crippen molar-refractivity contribution < 1.29 is 0 Å². The minimum absolute atomic E-state index is 0.791. The first kappa shape index (κ1) is 12.3. The highest BCUT2D eigenvalue weighted by Gasteiger charge is 2.41. The lowest BCUT2D eigenvalue weighted by Crippen LogP contribution is -2.59. The standard InChI is InChI=1S/C14H26N2S/c1-15-11-9-13-3-2-4-14(10-11)16(13)12-5-7-17-8-6-12/h11-15H,2-10H2,1H3. The molecule has 0 aromatic carbocycles. The van der Waals surface area contributed by atoms with E-state index in [1.54, 1.807) is 0 Å². The van der Waals surface area contributed by atoms with Crippen molar-refractivity contribution in [2.45, 2.75) is 69.1 Å². The molecule has 2 unspecified atom stereocenters. The summed E-state index contributed by atoms with van der Waals surface area (Å²) in [5.41, 5.74) is 0. The van der Waals surface area contributed by atoms with Crippen molar-refractivity contribution in [2.75, 3.05) is 18.6 Å². The van der Waals surface area contributed by atoms with Gasteiger partial charge in [0.2, 0.25) is 0 Å². The molecule has 3 rings (SSSR count). The summed E-state index contributed by atoms with van der Waals surface area (Å²) in [6.45, 7) is 0. The number of rotatable bonds is 2. The van der Waals surface area contributed by atoms with Gasteiger partial charge in [-0.3, -0.25) is 4.90 Å². The molecule has 0 amide bonds. The van der Waals surface area contributed by atoms with Crippen molar-refractivity contribution in [1.29, 1.82) is 0 Å². The number of hydrogen-bond acceptors (Lipinski definition) is 3. The predicted molar refractivity (Wildman–Crippen MR) is 75.7 cm³/mol. The van der Waals surface area contributed by atoms with E-state index in [1.807, 2.05) is 0 Å². The molecule has 17 heavy (non-hydrogen) atoms. The van der Waals surface area contributed by atoms with Crippen LogP contribution in [0.4, 0.5) is 0 Å². The van der Waals surface area contributed by atoms with E-state index in [1.165, 1.54) is 56.5 Å². The average Bonchev–Trinajstić information content (AvgIpc) is 2.38. The maximum atomic E-state index is 3.53. The zero-order valence-electron chi connectivity index (χ0n) is 11.0. The summed E-state index contributed by atoms with van der Waals surface area (Å²) in [5, 5.41) is 3.53. The van der Waals surface area contributed by atoms with Crippen LogP contribution in [0, 0.1) is 0 Å². The molecule has 0 aromatic heterocycles. The minimum Gasteiger partial charge on any atom is -0.317 e. The number of nitrogens with one attached hydrogen (secondary N) is 1. The van der Waals surface area contributed by atoms with Gasteiger partial charge in [-0.05, 0) is 57.1 Å². The van der Waals surface area contributed by atoms with Crippen LogP contribution in [0.15, 0.2) is 0 Å². The minimum atomic E-state index is 0.791. The Morgan fingerprint density at radius 2 is 1.59 bits per heavy atom. The first-order chi connectivity index (χ1) is 8.38. The summed E-state index contributed by atoms with van der Waals surface area (Å²) >= 11 is 2.16. The van der Waals surface area contributed by atoms with Gasteiger partial charge in [-0.15, -0.1) is 0 Å². The van der Waals surface area contributed by atoms with Crippen molar-refractivity contribution >= 4 is 11.8 Å². The van der Waals surface area contributed by atoms with Crippen molar-refractivity contribution in [3.8, 4) is 0 Å². The maximum Gasteiger partial charge on any atom is 0.0117 e. The first-order valence-electron chi connectivity index (χ1n) is 7.41. The van der Waals surface area contributed by atoms with Gasteiger partial charge in [-0.1, -0.05) is 6.42 Å². The predicted octanol–water partition coefficient (Wildman–Crippen LogP) is 2.49. The zero-order valence-corrected chi connectivity index (χ0v) is 11.8. The van der Waals surface area contributed by atoms with Crippen LogP contribution in [-0.4, -0.2) is 47.6 Å². The van der Waals surface area contributed by atoms with Crippen LogP contribution in [0.5, 0.6) is 0 Å². The molecule has 0 saturated carbocycles. The van der Waals surface area contributed by atoms with Gasteiger partial charge in [0.05, 0.1) is 0 Å². The summed E-state index contributed by atoms with van der Waals surface area (Å²) < 4.78 is 0. The Morgan fingerprint density at radius 3 is 2.18 bits per heavy atom. The van der Waals surface area contributed by atoms with Crippen LogP contribution < -0.4 is 5.32 Å². The number of fused-ring (bicyclic) bond motifs is 2. The van der Waals surface area contributed by atoms with E-state index in [2.05, 4.69) is 29.0 Å². The van der Waals surface area contributed by atoms with Crippen LogP contribution >= 0.6 is 11.8 Å². The molecule has 3 aliphatic heterocycles. The second kappa shape index (κ2) is 5.50. The van der Waals surface area contributed by atoms with Gasteiger partial charge < -0.3 is 5.32 Å². The summed E-state index contributed by atoms with van der Waals surface area (Å²) in [5.74, 6) is 2.80. The quantitative estimate of drug-likeness (QED) is 0.815. The SMILES string of the molecule is CNC1CC2CCCC(C1)N2C1CCSCC1. The molecule has 0 radical (unpaired) electrons. The van der Waals surface area contributed by atoms with Gasteiger partial charge in [0.1, 0.15) is 0 Å². The summed E-state index contributed by atoms with van der Waals surface area (Å²) in [4.78, 5) is 2.96. The zero-order chi connectivity index (χ0) is 11.7. The fraction of sp³-hybridized carbons (Fsp3) is 1.00. The molecule has 3 aliphatic rings. The molecule has 3 heteroatoms. The number of thioether (sulfide) groups is 1. The second-order valence-electron chi connectivity index (χ2n) is 5.99. The van der Waals surface area contributed by atoms with E-state index in [4.69, 9.17) is 0 Å². The normalized spacial score (nSPS) is 40.4. The van der Waals surface area contributed by atoms with Gasteiger partial charge in [0.15, 0.2) is 0 Å². The lowest BCUT2D eigenvalue weighted by molar-refractivity contribution is -0.0123. The Hall–Kier alpha value is 0.270. The van der Waals surface area contributed by atoms with Gasteiger partial charge >= 0.3 is 0 Å². The molecule has 0 aliphatic carbocycles. The van der Waals surface area contributed by atoms with E-state index in [-0.39, 0.29) is 0 Å². The first-order valence-corrected chi connectivity index (χ1v) is 8.56. The van der Waals surface area contributed by atoms with Gasteiger partial charge in [0.25, 0.3) is 0 Å².